The Hall–Kier alpha value is -1.80. The summed E-state index contributed by atoms with van der Waals surface area (Å²) in [5.41, 5.74) is 2.38. The molecule has 1 unspecified atom stereocenters. The fraction of sp³-hybridized carbons (Fsp3) is 0.611. The quantitative estimate of drug-likeness (QED) is 0.541. The lowest BCUT2D eigenvalue weighted by atomic mass is 10.2. The third-order valence-electron chi connectivity index (χ3n) is 4.30. The molecule has 1 atom stereocenters. The molecule has 2 rings (SSSR count). The fourth-order valence-corrected chi connectivity index (χ4v) is 3.50. The highest BCUT2D eigenvalue weighted by Gasteiger charge is 2.11. The van der Waals surface area contributed by atoms with Crippen molar-refractivity contribution in [3.63, 3.8) is 0 Å². The molecule has 1 heterocycles. The Bertz CT molecular complexity index is 683. The van der Waals surface area contributed by atoms with Gasteiger partial charge in [-0.25, -0.2) is 8.42 Å². The highest BCUT2D eigenvalue weighted by Crippen LogP contribution is 2.16. The number of rotatable bonds is 7. The minimum atomic E-state index is -2.94. The Morgan fingerprint density at radius 1 is 1.27 bits per heavy atom. The number of nitrogens with zero attached hydrogens (tertiary/aromatic N) is 2. The highest BCUT2D eigenvalue weighted by molar-refractivity contribution is 7.90. The molecule has 146 valence electrons. The third-order valence-corrected chi connectivity index (χ3v) is 5.28. The minimum absolute atomic E-state index is 0.0274. The van der Waals surface area contributed by atoms with Gasteiger partial charge in [-0.3, -0.25) is 4.99 Å². The van der Waals surface area contributed by atoms with Crippen molar-refractivity contribution in [2.75, 3.05) is 50.3 Å². The standard InChI is InChI=1S/C18H30N4O3S/c1-15(8-13-26(3,23)24)21-18(19-2)20-14-16-4-6-17(7-5-16)22-9-11-25-12-10-22/h4-7,15H,8-14H2,1-3H3,(H2,19,20,21). The number of benzene rings is 1. The van der Waals surface area contributed by atoms with E-state index in [1.54, 1.807) is 7.05 Å². The number of anilines is 1. The van der Waals surface area contributed by atoms with E-state index in [0.717, 1.165) is 31.9 Å². The van der Waals surface area contributed by atoms with E-state index < -0.39 is 9.84 Å². The van der Waals surface area contributed by atoms with Gasteiger partial charge in [0.15, 0.2) is 5.96 Å². The number of morpholine rings is 1. The summed E-state index contributed by atoms with van der Waals surface area (Å²) in [5.74, 6) is 0.838. The average molecular weight is 383 g/mol. The van der Waals surface area contributed by atoms with Crippen LogP contribution in [0, 0.1) is 0 Å². The van der Waals surface area contributed by atoms with Gasteiger partial charge in [-0.15, -0.1) is 0 Å². The van der Waals surface area contributed by atoms with Gasteiger partial charge >= 0.3 is 0 Å². The van der Waals surface area contributed by atoms with E-state index in [0.29, 0.717) is 18.9 Å². The first-order valence-corrected chi connectivity index (χ1v) is 11.0. The minimum Gasteiger partial charge on any atom is -0.378 e. The molecule has 0 amide bonds. The van der Waals surface area contributed by atoms with Crippen LogP contribution < -0.4 is 15.5 Å². The Morgan fingerprint density at radius 2 is 1.92 bits per heavy atom. The first-order valence-electron chi connectivity index (χ1n) is 8.94. The molecule has 1 saturated heterocycles. The average Bonchev–Trinajstić information content (AvgIpc) is 2.64. The van der Waals surface area contributed by atoms with Crippen molar-refractivity contribution in [2.45, 2.75) is 25.9 Å². The summed E-state index contributed by atoms with van der Waals surface area (Å²) in [7, 11) is -1.23. The maximum atomic E-state index is 11.3. The Labute approximate surface area is 156 Å². The number of ether oxygens (including phenoxy) is 1. The first kappa shape index (κ1) is 20.5. The van der Waals surface area contributed by atoms with Crippen LogP contribution in [0.4, 0.5) is 5.69 Å². The molecule has 2 N–H and O–H groups in total. The molecule has 0 aromatic heterocycles. The summed E-state index contributed by atoms with van der Waals surface area (Å²) in [6.07, 6.45) is 1.81. The largest absolute Gasteiger partial charge is 0.378 e. The van der Waals surface area contributed by atoms with Gasteiger partial charge in [0.1, 0.15) is 9.84 Å². The van der Waals surface area contributed by atoms with Gasteiger partial charge in [0.25, 0.3) is 0 Å². The van der Waals surface area contributed by atoms with Gasteiger partial charge in [0.2, 0.25) is 0 Å². The molecule has 1 aromatic rings. The summed E-state index contributed by atoms with van der Waals surface area (Å²) in [5, 5.41) is 6.49. The predicted octanol–water partition coefficient (Wildman–Crippen LogP) is 1.01. The number of nitrogens with one attached hydrogen (secondary N) is 2. The number of sulfone groups is 1. The molecular formula is C18H30N4O3S. The van der Waals surface area contributed by atoms with E-state index in [-0.39, 0.29) is 11.8 Å². The smallest absolute Gasteiger partial charge is 0.191 e. The summed E-state index contributed by atoms with van der Waals surface area (Å²) in [4.78, 5) is 6.53. The van der Waals surface area contributed by atoms with E-state index >= 15 is 0 Å². The molecule has 1 fully saturated rings. The normalized spacial score (nSPS) is 17.0. The monoisotopic (exact) mass is 382 g/mol. The molecule has 0 radical (unpaired) electrons. The number of hydrogen-bond donors (Lipinski definition) is 2. The van der Waals surface area contributed by atoms with Crippen molar-refractivity contribution in [3.05, 3.63) is 29.8 Å². The Balaban J connectivity index is 1.80. The van der Waals surface area contributed by atoms with Gasteiger partial charge in [-0.1, -0.05) is 12.1 Å². The zero-order chi connectivity index (χ0) is 19.0. The van der Waals surface area contributed by atoms with Gasteiger partial charge in [-0.05, 0) is 31.0 Å². The van der Waals surface area contributed by atoms with Gasteiger partial charge in [0, 0.05) is 44.7 Å². The van der Waals surface area contributed by atoms with Crippen LogP contribution in [0.1, 0.15) is 18.9 Å². The molecule has 0 bridgehead atoms. The number of guanidine groups is 1. The molecule has 1 aliphatic heterocycles. The van der Waals surface area contributed by atoms with Crippen molar-refractivity contribution in [3.8, 4) is 0 Å². The molecule has 0 spiro atoms. The fourth-order valence-electron chi connectivity index (χ4n) is 2.72. The molecule has 26 heavy (non-hydrogen) atoms. The Morgan fingerprint density at radius 3 is 2.50 bits per heavy atom. The third kappa shape index (κ3) is 7.21. The van der Waals surface area contributed by atoms with Crippen LogP contribution in [-0.2, 0) is 21.1 Å². The molecule has 0 aliphatic carbocycles. The Kier molecular flexibility index (Phi) is 7.71. The lowest BCUT2D eigenvalue weighted by molar-refractivity contribution is 0.122. The molecule has 7 nitrogen and oxygen atoms in total. The molecular weight excluding hydrogens is 352 g/mol. The van der Waals surface area contributed by atoms with E-state index in [1.807, 2.05) is 6.92 Å². The van der Waals surface area contributed by atoms with Gasteiger partial charge in [-0.2, -0.15) is 0 Å². The van der Waals surface area contributed by atoms with E-state index in [9.17, 15) is 8.42 Å². The van der Waals surface area contributed by atoms with Crippen LogP contribution in [0.2, 0.25) is 0 Å². The van der Waals surface area contributed by atoms with Crippen molar-refractivity contribution in [1.29, 1.82) is 0 Å². The number of aliphatic imine (C=N–C) groups is 1. The molecule has 1 aromatic carbocycles. The maximum Gasteiger partial charge on any atom is 0.191 e. The van der Waals surface area contributed by atoms with E-state index in [4.69, 9.17) is 4.74 Å². The molecule has 1 aliphatic rings. The second kappa shape index (κ2) is 9.78. The van der Waals surface area contributed by atoms with Crippen molar-refractivity contribution in [2.24, 2.45) is 4.99 Å². The topological polar surface area (TPSA) is 83.0 Å². The van der Waals surface area contributed by atoms with Crippen LogP contribution in [0.15, 0.2) is 29.3 Å². The van der Waals surface area contributed by atoms with Gasteiger partial charge in [0.05, 0.1) is 19.0 Å². The van der Waals surface area contributed by atoms with Crippen LogP contribution in [0.25, 0.3) is 0 Å². The van der Waals surface area contributed by atoms with Gasteiger partial charge < -0.3 is 20.3 Å². The maximum absolute atomic E-state index is 11.3. The summed E-state index contributed by atoms with van der Waals surface area (Å²) in [6.45, 7) is 6.03. The predicted molar refractivity (Wildman–Crippen MR) is 107 cm³/mol. The second-order valence-corrected chi connectivity index (χ2v) is 8.92. The van der Waals surface area contributed by atoms with Crippen LogP contribution >= 0.6 is 0 Å². The van der Waals surface area contributed by atoms with Crippen molar-refractivity contribution in [1.82, 2.24) is 10.6 Å². The first-order chi connectivity index (χ1) is 12.4. The van der Waals surface area contributed by atoms with E-state index in [2.05, 4.69) is 44.8 Å². The van der Waals surface area contributed by atoms with Crippen molar-refractivity contribution >= 4 is 21.5 Å². The SMILES string of the molecule is CN=C(NCc1ccc(N2CCOCC2)cc1)NC(C)CCS(C)(=O)=O. The summed E-state index contributed by atoms with van der Waals surface area (Å²) in [6, 6.07) is 8.51. The summed E-state index contributed by atoms with van der Waals surface area (Å²) >= 11 is 0. The highest BCUT2D eigenvalue weighted by atomic mass is 32.2. The van der Waals surface area contributed by atoms with Crippen LogP contribution in [-0.4, -0.2) is 65.8 Å². The zero-order valence-electron chi connectivity index (χ0n) is 15.9. The van der Waals surface area contributed by atoms with Crippen LogP contribution in [0.5, 0.6) is 0 Å². The number of hydrogen-bond acceptors (Lipinski definition) is 5. The lowest BCUT2D eigenvalue weighted by Gasteiger charge is -2.29. The summed E-state index contributed by atoms with van der Waals surface area (Å²) < 4.78 is 27.9. The second-order valence-electron chi connectivity index (χ2n) is 6.66. The van der Waals surface area contributed by atoms with Crippen LogP contribution in [0.3, 0.4) is 0 Å². The molecule has 8 heteroatoms. The lowest BCUT2D eigenvalue weighted by Crippen LogP contribution is -2.42. The van der Waals surface area contributed by atoms with Crippen molar-refractivity contribution < 1.29 is 13.2 Å². The van der Waals surface area contributed by atoms with E-state index in [1.165, 1.54) is 11.9 Å². The zero-order valence-corrected chi connectivity index (χ0v) is 16.7. The molecule has 0 saturated carbocycles.